The van der Waals surface area contributed by atoms with Crippen LogP contribution in [0, 0.1) is 5.82 Å². The van der Waals surface area contributed by atoms with Gasteiger partial charge in [0.05, 0.1) is 20.8 Å². The second kappa shape index (κ2) is 11.6. The van der Waals surface area contributed by atoms with Crippen molar-refractivity contribution in [1.29, 1.82) is 0 Å². The first kappa shape index (κ1) is 23.8. The van der Waals surface area contributed by atoms with Crippen molar-refractivity contribution >= 4 is 29.9 Å². The van der Waals surface area contributed by atoms with E-state index in [1.807, 2.05) is 24.9 Å². The van der Waals surface area contributed by atoms with Crippen LogP contribution in [-0.2, 0) is 13.1 Å². The number of phenolic OH excluding ortho intramolecular Hbond substituents is 1. The molecule has 0 radical (unpaired) electrons. The van der Waals surface area contributed by atoms with Gasteiger partial charge < -0.3 is 24.8 Å². The van der Waals surface area contributed by atoms with E-state index in [1.165, 1.54) is 20.3 Å². The van der Waals surface area contributed by atoms with Gasteiger partial charge in [0.2, 0.25) is 0 Å². The van der Waals surface area contributed by atoms with Crippen molar-refractivity contribution in [2.75, 3.05) is 27.8 Å². The first-order chi connectivity index (χ1) is 13.0. The maximum Gasteiger partial charge on any atom is 0.194 e. The second-order valence-corrected chi connectivity index (χ2v) is 5.96. The molecule has 6 nitrogen and oxygen atoms in total. The molecule has 0 spiro atoms. The molecule has 0 heterocycles. The summed E-state index contributed by atoms with van der Waals surface area (Å²) in [5.41, 5.74) is 1.46. The fourth-order valence-corrected chi connectivity index (χ4v) is 2.65. The number of hydrogen-bond donors (Lipinski definition) is 2. The minimum Gasteiger partial charge on any atom is -0.504 e. The van der Waals surface area contributed by atoms with Gasteiger partial charge in [-0.3, -0.25) is 0 Å². The lowest BCUT2D eigenvalue weighted by molar-refractivity contribution is 0.370. The molecule has 8 heteroatoms. The summed E-state index contributed by atoms with van der Waals surface area (Å²) >= 11 is 0. The van der Waals surface area contributed by atoms with Crippen LogP contribution in [0.4, 0.5) is 4.39 Å². The predicted molar refractivity (Wildman–Crippen MR) is 119 cm³/mol. The quantitative estimate of drug-likeness (QED) is 0.342. The largest absolute Gasteiger partial charge is 0.504 e. The lowest BCUT2D eigenvalue weighted by Crippen LogP contribution is -2.38. The number of aliphatic imine (C=N–C) groups is 1. The highest BCUT2D eigenvalue weighted by molar-refractivity contribution is 14.0. The summed E-state index contributed by atoms with van der Waals surface area (Å²) < 4.78 is 24.0. The number of para-hydroxylation sites is 1. The lowest BCUT2D eigenvalue weighted by atomic mass is 10.2. The van der Waals surface area contributed by atoms with Gasteiger partial charge in [-0.2, -0.15) is 0 Å². The summed E-state index contributed by atoms with van der Waals surface area (Å²) in [7, 11) is 4.82. The molecule has 0 atom stereocenters. The third-order valence-corrected chi connectivity index (χ3v) is 4.03. The Labute approximate surface area is 182 Å². The van der Waals surface area contributed by atoms with Gasteiger partial charge in [0, 0.05) is 25.7 Å². The summed E-state index contributed by atoms with van der Waals surface area (Å²) in [4.78, 5) is 6.46. The number of guanidine groups is 1. The third kappa shape index (κ3) is 6.15. The standard InChI is InChI=1S/C20H26FN3O3.HI/c1-5-22-20(23-12-15-7-6-8-18(27-4)19(15)25)24(2)13-14-9-10-17(26-3)16(21)11-14;/h6-11,25H,5,12-13H2,1-4H3,(H,22,23);1H. The van der Waals surface area contributed by atoms with Gasteiger partial charge >= 0.3 is 0 Å². The number of phenols is 1. The van der Waals surface area contributed by atoms with E-state index in [0.717, 1.165) is 5.56 Å². The van der Waals surface area contributed by atoms with Gasteiger partial charge in [-0.05, 0) is 30.7 Å². The van der Waals surface area contributed by atoms with E-state index in [0.29, 0.717) is 30.4 Å². The van der Waals surface area contributed by atoms with Crippen LogP contribution in [0.15, 0.2) is 41.4 Å². The Balaban J connectivity index is 0.00000392. The van der Waals surface area contributed by atoms with Gasteiger partial charge in [0.1, 0.15) is 0 Å². The zero-order valence-corrected chi connectivity index (χ0v) is 18.9. The van der Waals surface area contributed by atoms with Crippen LogP contribution in [0.2, 0.25) is 0 Å². The monoisotopic (exact) mass is 503 g/mol. The number of nitrogens with one attached hydrogen (secondary N) is 1. The molecule has 0 bridgehead atoms. The first-order valence-electron chi connectivity index (χ1n) is 8.66. The van der Waals surface area contributed by atoms with Crippen LogP contribution >= 0.6 is 24.0 Å². The van der Waals surface area contributed by atoms with E-state index in [1.54, 1.807) is 24.3 Å². The fraction of sp³-hybridized carbons (Fsp3) is 0.350. The molecule has 2 aromatic carbocycles. The van der Waals surface area contributed by atoms with E-state index < -0.39 is 5.82 Å². The summed E-state index contributed by atoms with van der Waals surface area (Å²) in [5.74, 6) is 0.965. The molecule has 2 N–H and O–H groups in total. The van der Waals surface area contributed by atoms with Crippen molar-refractivity contribution in [2.24, 2.45) is 4.99 Å². The Morgan fingerprint density at radius 2 is 1.89 bits per heavy atom. The van der Waals surface area contributed by atoms with Crippen molar-refractivity contribution in [3.8, 4) is 17.2 Å². The number of halogens is 2. The van der Waals surface area contributed by atoms with Gasteiger partial charge in [-0.15, -0.1) is 24.0 Å². The molecule has 0 saturated carbocycles. The molecule has 0 aliphatic carbocycles. The van der Waals surface area contributed by atoms with Gasteiger partial charge in [0.15, 0.2) is 29.0 Å². The van der Waals surface area contributed by atoms with E-state index in [2.05, 4.69) is 10.3 Å². The number of methoxy groups -OCH3 is 2. The maximum atomic E-state index is 13.9. The zero-order chi connectivity index (χ0) is 19.8. The molecule has 0 unspecified atom stereocenters. The van der Waals surface area contributed by atoms with Crippen LogP contribution in [0.5, 0.6) is 17.2 Å². The maximum absolute atomic E-state index is 13.9. The number of hydrogen-bond acceptors (Lipinski definition) is 4. The van der Waals surface area contributed by atoms with E-state index >= 15 is 0 Å². The van der Waals surface area contributed by atoms with Gasteiger partial charge in [-0.25, -0.2) is 9.38 Å². The molecule has 0 aromatic heterocycles. The van der Waals surface area contributed by atoms with Gasteiger partial charge in [0.25, 0.3) is 0 Å². The molecule has 28 heavy (non-hydrogen) atoms. The Hall–Kier alpha value is -2.23. The Morgan fingerprint density at radius 1 is 1.18 bits per heavy atom. The van der Waals surface area contributed by atoms with Crippen molar-refractivity contribution < 1.29 is 19.0 Å². The van der Waals surface area contributed by atoms with E-state index in [4.69, 9.17) is 9.47 Å². The Kier molecular flexibility index (Phi) is 9.84. The first-order valence-corrected chi connectivity index (χ1v) is 8.66. The zero-order valence-electron chi connectivity index (χ0n) is 16.5. The molecule has 0 fully saturated rings. The molecule has 0 saturated heterocycles. The minimum atomic E-state index is -0.397. The summed E-state index contributed by atoms with van der Waals surface area (Å²) in [5, 5.41) is 13.4. The number of nitrogens with zero attached hydrogens (tertiary/aromatic N) is 2. The van der Waals surface area contributed by atoms with Crippen molar-refractivity contribution in [2.45, 2.75) is 20.0 Å². The molecule has 0 aliphatic heterocycles. The van der Waals surface area contributed by atoms with Crippen LogP contribution in [0.1, 0.15) is 18.1 Å². The summed E-state index contributed by atoms with van der Waals surface area (Å²) in [6.07, 6.45) is 0. The number of benzene rings is 2. The van der Waals surface area contributed by atoms with E-state index in [9.17, 15) is 9.50 Å². The normalized spacial score (nSPS) is 10.8. The molecular weight excluding hydrogens is 476 g/mol. The molecule has 2 rings (SSSR count). The SMILES string of the molecule is CCNC(=NCc1cccc(OC)c1O)N(C)Cc1ccc(OC)c(F)c1.I. The molecule has 154 valence electrons. The highest BCUT2D eigenvalue weighted by Gasteiger charge is 2.11. The topological polar surface area (TPSA) is 66.3 Å². The summed E-state index contributed by atoms with van der Waals surface area (Å²) in [6.45, 7) is 3.41. The highest BCUT2D eigenvalue weighted by Crippen LogP contribution is 2.29. The predicted octanol–water partition coefficient (Wildman–Crippen LogP) is 3.76. The number of rotatable bonds is 7. The molecule has 0 aliphatic rings. The Morgan fingerprint density at radius 3 is 2.50 bits per heavy atom. The van der Waals surface area contributed by atoms with Crippen molar-refractivity contribution in [3.05, 3.63) is 53.3 Å². The van der Waals surface area contributed by atoms with E-state index in [-0.39, 0.29) is 42.0 Å². The van der Waals surface area contributed by atoms with Crippen LogP contribution in [0.25, 0.3) is 0 Å². The Bertz CT molecular complexity index is 802. The summed E-state index contributed by atoms with van der Waals surface area (Å²) in [6, 6.07) is 10.2. The minimum absolute atomic E-state index is 0. The molecule has 0 amide bonds. The number of ether oxygens (including phenoxy) is 2. The highest BCUT2D eigenvalue weighted by atomic mass is 127. The third-order valence-electron chi connectivity index (χ3n) is 4.03. The van der Waals surface area contributed by atoms with Crippen LogP contribution in [0.3, 0.4) is 0 Å². The number of aromatic hydroxyl groups is 1. The average Bonchev–Trinajstić information content (AvgIpc) is 2.66. The molecule has 2 aromatic rings. The smallest absolute Gasteiger partial charge is 0.194 e. The molecular formula is C20H27FIN3O3. The fourth-order valence-electron chi connectivity index (χ4n) is 2.65. The van der Waals surface area contributed by atoms with Crippen LogP contribution in [-0.4, -0.2) is 43.8 Å². The van der Waals surface area contributed by atoms with Crippen molar-refractivity contribution in [3.63, 3.8) is 0 Å². The lowest BCUT2D eigenvalue weighted by Gasteiger charge is -2.22. The van der Waals surface area contributed by atoms with Crippen LogP contribution < -0.4 is 14.8 Å². The second-order valence-electron chi connectivity index (χ2n) is 5.96. The van der Waals surface area contributed by atoms with Gasteiger partial charge in [-0.1, -0.05) is 18.2 Å². The average molecular weight is 503 g/mol. The van der Waals surface area contributed by atoms with Crippen molar-refractivity contribution in [1.82, 2.24) is 10.2 Å².